The molecular formula is C30H32Cl2N4O. The number of halogens is 2. The molecule has 7 heteroatoms. The minimum atomic E-state index is 0. The van der Waals surface area contributed by atoms with E-state index in [-0.39, 0.29) is 36.8 Å². The highest BCUT2D eigenvalue weighted by Gasteiger charge is 2.28. The van der Waals surface area contributed by atoms with Crippen LogP contribution in [0, 0.1) is 0 Å². The monoisotopic (exact) mass is 534 g/mol. The van der Waals surface area contributed by atoms with E-state index in [0.717, 1.165) is 56.1 Å². The van der Waals surface area contributed by atoms with Crippen LogP contribution in [0.2, 0.25) is 0 Å². The summed E-state index contributed by atoms with van der Waals surface area (Å²) in [5.74, 6) is 1.10. The average Bonchev–Trinajstić information content (AvgIpc) is 2.91. The lowest BCUT2D eigenvalue weighted by molar-refractivity contribution is 0.0922. The first kappa shape index (κ1) is 26.9. The standard InChI is InChI=1S/C30H30N4O.2ClH/c1-2-22(32-30(35)27-13-7-12-26-24-10-5-6-11-25(24)28(26)27)20-33-16-18-34(19-17-33)29-23-9-4-3-8-21(23)14-15-31-29;;/h3-15,22H,2,16-20H2,1H3,(H,32,35);2*1H. The minimum absolute atomic E-state index is 0. The molecule has 1 N–H and O–H groups in total. The predicted octanol–water partition coefficient (Wildman–Crippen LogP) is 6.06. The number of amides is 1. The van der Waals surface area contributed by atoms with E-state index in [2.05, 4.69) is 76.6 Å². The summed E-state index contributed by atoms with van der Waals surface area (Å²) in [5.41, 5.74) is 5.47. The molecule has 1 fully saturated rings. The van der Waals surface area contributed by atoms with E-state index >= 15 is 0 Å². The second kappa shape index (κ2) is 11.5. The van der Waals surface area contributed by atoms with Crippen LogP contribution in [0.15, 0.2) is 79.0 Å². The maximum Gasteiger partial charge on any atom is 0.252 e. The van der Waals surface area contributed by atoms with Gasteiger partial charge in [0.2, 0.25) is 0 Å². The molecule has 0 saturated carbocycles. The Labute approximate surface area is 230 Å². The summed E-state index contributed by atoms with van der Waals surface area (Å²) in [6, 6.07) is 25.0. The lowest BCUT2D eigenvalue weighted by Gasteiger charge is -2.37. The number of nitrogens with zero attached hydrogens (tertiary/aromatic N) is 3. The van der Waals surface area contributed by atoms with Crippen molar-refractivity contribution in [2.75, 3.05) is 37.6 Å². The largest absolute Gasteiger partial charge is 0.354 e. The van der Waals surface area contributed by atoms with Crippen LogP contribution in [-0.2, 0) is 0 Å². The van der Waals surface area contributed by atoms with Crippen molar-refractivity contribution in [3.63, 3.8) is 0 Å². The van der Waals surface area contributed by atoms with E-state index in [4.69, 9.17) is 4.98 Å². The molecule has 1 saturated heterocycles. The van der Waals surface area contributed by atoms with Crippen molar-refractivity contribution < 1.29 is 4.79 Å². The number of benzene rings is 3. The van der Waals surface area contributed by atoms with Gasteiger partial charge in [-0.2, -0.15) is 0 Å². The van der Waals surface area contributed by atoms with Gasteiger partial charge in [0.1, 0.15) is 5.82 Å². The molecule has 3 aromatic carbocycles. The Morgan fingerprint density at radius 2 is 1.57 bits per heavy atom. The SMILES string of the molecule is CCC(CN1CCN(c2nccc3ccccc23)CC1)NC(=O)c1cccc2c1-c1ccccc1-2.Cl.Cl. The van der Waals surface area contributed by atoms with Gasteiger partial charge in [-0.15, -0.1) is 24.8 Å². The molecule has 0 spiro atoms. The molecule has 1 unspecified atom stereocenters. The fourth-order valence-corrected chi connectivity index (χ4v) is 5.48. The summed E-state index contributed by atoms with van der Waals surface area (Å²) < 4.78 is 0. The Bertz CT molecular complexity index is 1400. The van der Waals surface area contributed by atoms with E-state index in [0.29, 0.717) is 0 Å². The third-order valence-corrected chi connectivity index (χ3v) is 7.43. The minimum Gasteiger partial charge on any atom is -0.354 e. The zero-order valence-electron chi connectivity index (χ0n) is 20.9. The van der Waals surface area contributed by atoms with Gasteiger partial charge in [0.15, 0.2) is 0 Å². The number of fused-ring (bicyclic) bond motifs is 5. The van der Waals surface area contributed by atoms with Gasteiger partial charge < -0.3 is 10.2 Å². The number of carbonyl (C=O) groups is 1. The second-order valence-electron chi connectivity index (χ2n) is 9.50. The Morgan fingerprint density at radius 3 is 2.35 bits per heavy atom. The van der Waals surface area contributed by atoms with E-state index in [1.54, 1.807) is 0 Å². The Kier molecular flexibility index (Phi) is 8.38. The number of anilines is 1. The highest BCUT2D eigenvalue weighted by Crippen LogP contribution is 2.48. The molecule has 1 atom stereocenters. The molecule has 1 aliphatic heterocycles. The van der Waals surface area contributed by atoms with Crippen LogP contribution in [0.3, 0.4) is 0 Å². The first-order chi connectivity index (χ1) is 17.2. The summed E-state index contributed by atoms with van der Waals surface area (Å²) in [4.78, 5) is 22.8. The summed E-state index contributed by atoms with van der Waals surface area (Å²) in [6.45, 7) is 6.82. The zero-order valence-corrected chi connectivity index (χ0v) is 22.5. The summed E-state index contributed by atoms with van der Waals surface area (Å²) in [5, 5.41) is 5.76. The number of hydrogen-bond acceptors (Lipinski definition) is 4. The predicted molar refractivity (Wildman–Crippen MR) is 157 cm³/mol. The van der Waals surface area contributed by atoms with Crippen molar-refractivity contribution in [3.8, 4) is 22.3 Å². The Balaban J connectivity index is 0.00000160. The second-order valence-corrected chi connectivity index (χ2v) is 9.50. The number of nitrogens with one attached hydrogen (secondary N) is 1. The molecule has 1 aliphatic carbocycles. The summed E-state index contributed by atoms with van der Waals surface area (Å²) in [6.07, 6.45) is 2.81. The molecule has 1 amide bonds. The van der Waals surface area contributed by atoms with Gasteiger partial charge in [-0.05, 0) is 40.6 Å². The summed E-state index contributed by atoms with van der Waals surface area (Å²) >= 11 is 0. The average molecular weight is 536 g/mol. The normalized spacial score (nSPS) is 14.9. The van der Waals surface area contributed by atoms with Gasteiger partial charge in [-0.3, -0.25) is 9.69 Å². The molecule has 6 rings (SSSR count). The highest BCUT2D eigenvalue weighted by atomic mass is 35.5. The van der Waals surface area contributed by atoms with Crippen molar-refractivity contribution >= 4 is 47.3 Å². The van der Waals surface area contributed by atoms with Gasteiger partial charge >= 0.3 is 0 Å². The molecule has 0 radical (unpaired) electrons. The smallest absolute Gasteiger partial charge is 0.252 e. The molecule has 1 aromatic heterocycles. The third-order valence-electron chi connectivity index (χ3n) is 7.43. The molecule has 5 nitrogen and oxygen atoms in total. The van der Waals surface area contributed by atoms with Gasteiger partial charge in [0.05, 0.1) is 0 Å². The van der Waals surface area contributed by atoms with Crippen LogP contribution in [0.1, 0.15) is 23.7 Å². The van der Waals surface area contributed by atoms with Crippen LogP contribution in [0.25, 0.3) is 33.0 Å². The van der Waals surface area contributed by atoms with Crippen molar-refractivity contribution in [1.29, 1.82) is 0 Å². The summed E-state index contributed by atoms with van der Waals surface area (Å²) in [7, 11) is 0. The molecule has 4 aromatic rings. The lowest BCUT2D eigenvalue weighted by Crippen LogP contribution is -2.51. The molecule has 0 bridgehead atoms. The molecular weight excluding hydrogens is 503 g/mol. The van der Waals surface area contributed by atoms with Gasteiger partial charge in [-0.25, -0.2) is 4.98 Å². The maximum atomic E-state index is 13.3. The first-order valence-electron chi connectivity index (χ1n) is 12.6. The number of pyridine rings is 1. The Hall–Kier alpha value is -3.12. The number of carbonyl (C=O) groups excluding carboxylic acids is 1. The quantitative estimate of drug-likeness (QED) is 0.287. The molecule has 2 aliphatic rings. The molecule has 37 heavy (non-hydrogen) atoms. The fraction of sp³-hybridized carbons (Fsp3) is 0.267. The van der Waals surface area contributed by atoms with Gasteiger partial charge in [0, 0.05) is 61.5 Å². The molecule has 2 heterocycles. The van der Waals surface area contributed by atoms with Crippen LogP contribution >= 0.6 is 24.8 Å². The zero-order chi connectivity index (χ0) is 23.8. The number of piperazine rings is 1. The fourth-order valence-electron chi connectivity index (χ4n) is 5.48. The van der Waals surface area contributed by atoms with Crippen molar-refractivity contribution in [3.05, 3.63) is 84.6 Å². The molecule has 192 valence electrons. The number of rotatable bonds is 6. The van der Waals surface area contributed by atoms with E-state index < -0.39 is 0 Å². The topological polar surface area (TPSA) is 48.5 Å². The maximum absolute atomic E-state index is 13.3. The number of aromatic nitrogens is 1. The van der Waals surface area contributed by atoms with Crippen LogP contribution in [0.5, 0.6) is 0 Å². The highest BCUT2D eigenvalue weighted by molar-refractivity contribution is 6.12. The van der Waals surface area contributed by atoms with Gasteiger partial charge in [-0.1, -0.05) is 67.6 Å². The van der Waals surface area contributed by atoms with E-state index in [9.17, 15) is 4.79 Å². The van der Waals surface area contributed by atoms with E-state index in [1.165, 1.54) is 27.5 Å². The Morgan fingerprint density at radius 1 is 0.865 bits per heavy atom. The lowest BCUT2D eigenvalue weighted by atomic mass is 9.78. The number of hydrogen-bond donors (Lipinski definition) is 1. The van der Waals surface area contributed by atoms with E-state index in [1.807, 2.05) is 24.4 Å². The first-order valence-corrected chi connectivity index (χ1v) is 12.6. The van der Waals surface area contributed by atoms with Crippen LogP contribution in [0.4, 0.5) is 5.82 Å². The van der Waals surface area contributed by atoms with Crippen molar-refractivity contribution in [1.82, 2.24) is 15.2 Å². The van der Waals surface area contributed by atoms with Crippen molar-refractivity contribution in [2.45, 2.75) is 19.4 Å². The third kappa shape index (κ3) is 5.04. The van der Waals surface area contributed by atoms with Crippen LogP contribution in [-0.4, -0.2) is 54.6 Å². The van der Waals surface area contributed by atoms with Gasteiger partial charge in [0.25, 0.3) is 5.91 Å². The van der Waals surface area contributed by atoms with Crippen LogP contribution < -0.4 is 10.2 Å². The van der Waals surface area contributed by atoms with Crippen molar-refractivity contribution in [2.24, 2.45) is 0 Å².